The molecule has 1 atom stereocenters. The maximum atomic E-state index is 12.3. The van der Waals surface area contributed by atoms with E-state index in [9.17, 15) is 9.59 Å². The Morgan fingerprint density at radius 1 is 1.17 bits per heavy atom. The minimum absolute atomic E-state index is 0.0780. The fraction of sp³-hybridized carbons (Fsp3) is 0.263. The summed E-state index contributed by atoms with van der Waals surface area (Å²) in [6.07, 6.45) is 0.964. The van der Waals surface area contributed by atoms with Crippen molar-refractivity contribution in [2.75, 3.05) is 23.3 Å². The molecule has 5 heteroatoms. The Labute approximate surface area is 140 Å². The monoisotopic (exact) mass is 324 g/mol. The molecule has 0 bridgehead atoms. The van der Waals surface area contributed by atoms with Crippen molar-refractivity contribution in [2.45, 2.75) is 19.3 Å². The molecule has 0 spiro atoms. The number of amides is 1. The molecule has 1 aliphatic heterocycles. The highest BCUT2D eigenvalue weighted by Gasteiger charge is 2.20. The van der Waals surface area contributed by atoms with Crippen LogP contribution in [-0.4, -0.2) is 30.1 Å². The predicted octanol–water partition coefficient (Wildman–Crippen LogP) is 2.88. The molecule has 3 rings (SSSR count). The number of nitrogens with one attached hydrogen (secondary N) is 1. The first-order valence-electron chi connectivity index (χ1n) is 8.00. The van der Waals surface area contributed by atoms with E-state index in [0.717, 1.165) is 18.7 Å². The Morgan fingerprint density at radius 3 is 2.58 bits per heavy atom. The summed E-state index contributed by atoms with van der Waals surface area (Å²) < 4.78 is 0. The van der Waals surface area contributed by atoms with Gasteiger partial charge in [0.2, 0.25) is 5.91 Å². The fourth-order valence-corrected chi connectivity index (χ4v) is 2.94. The van der Waals surface area contributed by atoms with Gasteiger partial charge in [-0.15, -0.1) is 0 Å². The number of carboxylic acid groups (broad SMARTS) is 1. The average molecular weight is 324 g/mol. The van der Waals surface area contributed by atoms with E-state index in [2.05, 4.69) is 16.3 Å². The molecule has 0 aliphatic carbocycles. The zero-order chi connectivity index (χ0) is 17.1. The third-order valence-corrected chi connectivity index (χ3v) is 4.38. The Hall–Kier alpha value is -2.82. The van der Waals surface area contributed by atoms with Crippen molar-refractivity contribution in [1.82, 2.24) is 0 Å². The molecular weight excluding hydrogens is 304 g/mol. The van der Waals surface area contributed by atoms with Gasteiger partial charge in [-0.25, -0.2) is 0 Å². The first-order chi connectivity index (χ1) is 11.5. The summed E-state index contributed by atoms with van der Waals surface area (Å²) in [5.74, 6) is -1.50. The van der Waals surface area contributed by atoms with Crippen LogP contribution in [0.4, 0.5) is 11.4 Å². The van der Waals surface area contributed by atoms with Gasteiger partial charge < -0.3 is 15.3 Å². The van der Waals surface area contributed by atoms with Crippen molar-refractivity contribution in [3.8, 4) is 0 Å². The van der Waals surface area contributed by atoms with E-state index in [0.29, 0.717) is 17.8 Å². The third kappa shape index (κ3) is 3.40. The summed E-state index contributed by atoms with van der Waals surface area (Å²) >= 11 is 0. The lowest BCUT2D eigenvalue weighted by Crippen LogP contribution is -2.31. The van der Waals surface area contributed by atoms with E-state index in [1.165, 1.54) is 5.56 Å². The summed E-state index contributed by atoms with van der Waals surface area (Å²) in [6.45, 7) is 2.80. The van der Waals surface area contributed by atoms with Crippen LogP contribution in [0.1, 0.15) is 24.0 Å². The standard InChI is InChI=1S/C19H20N2O3/c1-13(19(23)24)14-6-8-16(9-7-14)20-18(22)12-21-11-10-15-4-2-3-5-17(15)21/h2-9,13H,10-12H2,1H3,(H,20,22)(H,23,24). The number of anilines is 2. The highest BCUT2D eigenvalue weighted by Crippen LogP contribution is 2.27. The normalized spacial score (nSPS) is 14.1. The smallest absolute Gasteiger partial charge is 0.310 e. The van der Waals surface area contributed by atoms with Crippen LogP contribution in [0.3, 0.4) is 0 Å². The van der Waals surface area contributed by atoms with E-state index >= 15 is 0 Å². The second-order valence-electron chi connectivity index (χ2n) is 6.03. The zero-order valence-electron chi connectivity index (χ0n) is 13.5. The van der Waals surface area contributed by atoms with Crippen molar-refractivity contribution < 1.29 is 14.7 Å². The second-order valence-corrected chi connectivity index (χ2v) is 6.03. The molecule has 0 aromatic heterocycles. The van der Waals surface area contributed by atoms with Gasteiger partial charge in [0.1, 0.15) is 0 Å². The summed E-state index contributed by atoms with van der Waals surface area (Å²) in [6, 6.07) is 15.1. The minimum Gasteiger partial charge on any atom is -0.481 e. The summed E-state index contributed by atoms with van der Waals surface area (Å²) in [5, 5.41) is 11.9. The maximum Gasteiger partial charge on any atom is 0.310 e. The van der Waals surface area contributed by atoms with Gasteiger partial charge in [-0.2, -0.15) is 0 Å². The van der Waals surface area contributed by atoms with Gasteiger partial charge in [0.05, 0.1) is 12.5 Å². The SMILES string of the molecule is CC(C(=O)O)c1ccc(NC(=O)CN2CCc3ccccc32)cc1. The average Bonchev–Trinajstić information content (AvgIpc) is 2.98. The van der Waals surface area contributed by atoms with Gasteiger partial charge >= 0.3 is 5.97 Å². The molecule has 1 heterocycles. The molecule has 2 N–H and O–H groups in total. The van der Waals surface area contributed by atoms with Crippen molar-refractivity contribution in [3.05, 3.63) is 59.7 Å². The van der Waals surface area contributed by atoms with Gasteiger partial charge in [-0.1, -0.05) is 30.3 Å². The van der Waals surface area contributed by atoms with E-state index in [-0.39, 0.29) is 5.91 Å². The first-order valence-corrected chi connectivity index (χ1v) is 8.00. The van der Waals surface area contributed by atoms with Gasteiger partial charge in [0.15, 0.2) is 0 Å². The lowest BCUT2D eigenvalue weighted by Gasteiger charge is -2.18. The molecule has 0 radical (unpaired) electrons. The molecule has 124 valence electrons. The number of carbonyl (C=O) groups is 2. The number of nitrogens with zero attached hydrogens (tertiary/aromatic N) is 1. The number of hydrogen-bond donors (Lipinski definition) is 2. The second kappa shape index (κ2) is 6.74. The molecular formula is C19H20N2O3. The van der Waals surface area contributed by atoms with Crippen LogP contribution >= 0.6 is 0 Å². The van der Waals surface area contributed by atoms with Crippen molar-refractivity contribution in [3.63, 3.8) is 0 Å². The van der Waals surface area contributed by atoms with E-state index in [4.69, 9.17) is 5.11 Å². The highest BCUT2D eigenvalue weighted by atomic mass is 16.4. The number of carboxylic acids is 1. The Morgan fingerprint density at radius 2 is 1.88 bits per heavy atom. The number of benzene rings is 2. The topological polar surface area (TPSA) is 69.6 Å². The zero-order valence-corrected chi connectivity index (χ0v) is 13.5. The van der Waals surface area contributed by atoms with Gasteiger partial charge in [0, 0.05) is 17.9 Å². The lowest BCUT2D eigenvalue weighted by molar-refractivity contribution is -0.138. The van der Waals surface area contributed by atoms with Gasteiger partial charge in [0.25, 0.3) is 0 Å². The molecule has 2 aromatic carbocycles. The molecule has 24 heavy (non-hydrogen) atoms. The molecule has 1 aliphatic rings. The molecule has 0 saturated carbocycles. The Bertz CT molecular complexity index is 755. The van der Waals surface area contributed by atoms with Crippen molar-refractivity contribution in [1.29, 1.82) is 0 Å². The highest BCUT2D eigenvalue weighted by molar-refractivity contribution is 5.94. The fourth-order valence-electron chi connectivity index (χ4n) is 2.94. The minimum atomic E-state index is -0.862. The number of carbonyl (C=O) groups excluding carboxylic acids is 1. The molecule has 0 fully saturated rings. The maximum absolute atomic E-state index is 12.3. The summed E-state index contributed by atoms with van der Waals surface area (Å²) in [7, 11) is 0. The van der Waals surface area contributed by atoms with Crippen LogP contribution in [0, 0.1) is 0 Å². The van der Waals surface area contributed by atoms with E-state index in [1.807, 2.05) is 18.2 Å². The van der Waals surface area contributed by atoms with Crippen LogP contribution in [0.5, 0.6) is 0 Å². The molecule has 2 aromatic rings. The number of hydrogen-bond acceptors (Lipinski definition) is 3. The number of fused-ring (bicyclic) bond motifs is 1. The summed E-state index contributed by atoms with van der Waals surface area (Å²) in [4.78, 5) is 25.3. The first kappa shape index (κ1) is 16.1. The molecule has 1 unspecified atom stereocenters. The number of rotatable bonds is 5. The van der Waals surface area contributed by atoms with Gasteiger partial charge in [-0.05, 0) is 42.7 Å². The lowest BCUT2D eigenvalue weighted by atomic mass is 10.0. The number of aliphatic carboxylic acids is 1. The predicted molar refractivity (Wildman–Crippen MR) is 93.5 cm³/mol. The van der Waals surface area contributed by atoms with Crippen LogP contribution in [0.15, 0.2) is 48.5 Å². The quantitative estimate of drug-likeness (QED) is 0.887. The van der Waals surface area contributed by atoms with E-state index in [1.54, 1.807) is 31.2 Å². The Kier molecular flexibility index (Phi) is 4.51. The van der Waals surface area contributed by atoms with E-state index < -0.39 is 11.9 Å². The molecule has 5 nitrogen and oxygen atoms in total. The third-order valence-electron chi connectivity index (χ3n) is 4.38. The largest absolute Gasteiger partial charge is 0.481 e. The van der Waals surface area contributed by atoms with Crippen LogP contribution in [-0.2, 0) is 16.0 Å². The van der Waals surface area contributed by atoms with Crippen molar-refractivity contribution >= 4 is 23.3 Å². The van der Waals surface area contributed by atoms with Crippen molar-refractivity contribution in [2.24, 2.45) is 0 Å². The molecule has 0 saturated heterocycles. The molecule has 1 amide bonds. The van der Waals surface area contributed by atoms with Crippen LogP contribution in [0.2, 0.25) is 0 Å². The van der Waals surface area contributed by atoms with Crippen LogP contribution in [0.25, 0.3) is 0 Å². The summed E-state index contributed by atoms with van der Waals surface area (Å²) in [5.41, 5.74) is 3.79. The van der Waals surface area contributed by atoms with Gasteiger partial charge in [-0.3, -0.25) is 9.59 Å². The Balaban J connectivity index is 1.61. The number of para-hydroxylation sites is 1. The van der Waals surface area contributed by atoms with Crippen LogP contribution < -0.4 is 10.2 Å².